The van der Waals surface area contributed by atoms with Crippen LogP contribution in [0, 0.1) is 17.9 Å². The van der Waals surface area contributed by atoms with Crippen molar-refractivity contribution in [2.45, 2.75) is 5.41 Å². The molecule has 0 bridgehead atoms. The summed E-state index contributed by atoms with van der Waals surface area (Å²) in [5, 5.41) is 10.5. The normalized spacial score (nSPS) is 14.8. The van der Waals surface area contributed by atoms with E-state index in [0.29, 0.717) is 22.6 Å². The topological polar surface area (TPSA) is 72.9 Å². The predicted octanol–water partition coefficient (Wildman–Crippen LogP) is 14.1. The molecule has 1 spiro atoms. The number of benzene rings is 7. The molecule has 1 unspecified atom stereocenters. The summed E-state index contributed by atoms with van der Waals surface area (Å²) in [4.78, 5) is 20.8. The van der Waals surface area contributed by atoms with Gasteiger partial charge < -0.3 is 19.4 Å². The molecule has 9 aromatic rings. The molecule has 0 saturated heterocycles. The lowest BCUT2D eigenvalue weighted by Crippen LogP contribution is -2.37. The molecule has 7 aromatic carbocycles. The summed E-state index contributed by atoms with van der Waals surface area (Å²) in [6.45, 7) is 8.25. The number of ether oxygens (including phenoxy) is 1. The van der Waals surface area contributed by atoms with Crippen LogP contribution in [-0.4, -0.2) is 9.97 Å². The summed E-state index contributed by atoms with van der Waals surface area (Å²) in [7, 11) is 0. The van der Waals surface area contributed by atoms with Gasteiger partial charge in [-0.2, -0.15) is 5.26 Å². The zero-order valence-electron chi connectivity index (χ0n) is 33.6. The summed E-state index contributed by atoms with van der Waals surface area (Å²) in [6, 6.07) is 67.0. The Hall–Kier alpha value is -8.98. The van der Waals surface area contributed by atoms with Gasteiger partial charge >= 0.3 is 0 Å². The van der Waals surface area contributed by atoms with Gasteiger partial charge in [-0.3, -0.25) is 9.97 Å². The molecule has 0 amide bonds. The first kappa shape index (κ1) is 35.9. The van der Waals surface area contributed by atoms with Gasteiger partial charge in [-0.05, 0) is 126 Å². The third-order valence-electron chi connectivity index (χ3n) is 12.3. The lowest BCUT2D eigenvalue weighted by atomic mass is 9.64. The Morgan fingerprint density at radius 1 is 0.508 bits per heavy atom. The molecule has 1 atom stereocenters. The highest BCUT2D eigenvalue weighted by Crippen LogP contribution is 2.65. The fourth-order valence-electron chi connectivity index (χ4n) is 9.75. The first-order valence-electron chi connectivity index (χ1n) is 20.7. The first-order valence-corrected chi connectivity index (χ1v) is 20.7. The first-order chi connectivity index (χ1) is 31.1. The largest absolute Gasteiger partial charge is 0.453 e. The number of nitriles is 1. The molecule has 3 aliphatic rings. The molecule has 4 heterocycles. The molecule has 294 valence electrons. The van der Waals surface area contributed by atoms with E-state index in [4.69, 9.17) is 21.3 Å². The summed E-state index contributed by atoms with van der Waals surface area (Å²) in [5.74, 6) is 1.49. The van der Waals surface area contributed by atoms with Crippen LogP contribution in [0.5, 0.6) is 11.5 Å². The fourth-order valence-corrected chi connectivity index (χ4v) is 9.75. The highest BCUT2D eigenvalue weighted by Gasteiger charge is 2.54. The second-order valence-corrected chi connectivity index (χ2v) is 15.6. The number of hydrogen-bond acceptors (Lipinski definition) is 7. The number of hydrogen-bond donors (Lipinski definition) is 0. The molecule has 0 saturated carbocycles. The smallest absolute Gasteiger partial charge is 0.205 e. The maximum Gasteiger partial charge on any atom is 0.205 e. The van der Waals surface area contributed by atoms with E-state index in [1.54, 1.807) is 12.4 Å². The van der Waals surface area contributed by atoms with Crippen molar-refractivity contribution < 1.29 is 4.74 Å². The minimum absolute atomic E-state index is 0.411. The average Bonchev–Trinajstić information content (AvgIpc) is 3.63. The number of aromatic nitrogens is 2. The minimum Gasteiger partial charge on any atom is -0.453 e. The quantitative estimate of drug-likeness (QED) is 0.160. The number of para-hydroxylation sites is 7. The molecule has 0 N–H and O–H groups in total. The standard InChI is InChI=1S/C55H33N7O/c1-57-37-30-46-54(59-35-37)53-45(29-36(33-56)34-58-53)55(46)43-31-41(60(38-15-5-2-6-16-38)39-17-7-3-8-18-39)25-27-47(43)61(40-19-9-4-10-20-40)48-28-26-42(32-44(48)55)62-49-21-11-13-23-51(49)63-52-24-14-12-22-50(52)62/h2-32,34-35H. The highest BCUT2D eigenvalue weighted by molar-refractivity contribution is 5.98. The maximum atomic E-state index is 10.5. The summed E-state index contributed by atoms with van der Waals surface area (Å²) >= 11 is 0. The minimum atomic E-state index is -1.11. The molecule has 1 aliphatic carbocycles. The second-order valence-electron chi connectivity index (χ2n) is 15.6. The molecular weight excluding hydrogens is 775 g/mol. The molecule has 2 aliphatic heterocycles. The summed E-state index contributed by atoms with van der Waals surface area (Å²) in [6.07, 6.45) is 3.24. The zero-order valence-corrected chi connectivity index (χ0v) is 33.6. The monoisotopic (exact) mass is 807 g/mol. The Kier molecular flexibility index (Phi) is 8.02. The van der Waals surface area contributed by atoms with Crippen LogP contribution in [0.25, 0.3) is 16.2 Å². The van der Waals surface area contributed by atoms with Crippen molar-refractivity contribution in [2.75, 3.05) is 14.7 Å². The Morgan fingerprint density at radius 2 is 1.05 bits per heavy atom. The van der Waals surface area contributed by atoms with E-state index in [-0.39, 0.29) is 0 Å². The molecule has 8 nitrogen and oxygen atoms in total. The van der Waals surface area contributed by atoms with Crippen LogP contribution in [-0.2, 0) is 5.41 Å². The number of nitrogens with zero attached hydrogens (tertiary/aromatic N) is 7. The number of pyridine rings is 2. The second kappa shape index (κ2) is 14.1. The van der Waals surface area contributed by atoms with E-state index in [1.807, 2.05) is 66.7 Å². The average molecular weight is 808 g/mol. The van der Waals surface area contributed by atoms with E-state index in [0.717, 1.165) is 84.9 Å². The van der Waals surface area contributed by atoms with Gasteiger partial charge in [0.25, 0.3) is 0 Å². The summed E-state index contributed by atoms with van der Waals surface area (Å²) < 4.78 is 6.48. The van der Waals surface area contributed by atoms with E-state index in [2.05, 4.69) is 147 Å². The Labute approximate surface area is 364 Å². The van der Waals surface area contributed by atoms with Gasteiger partial charge in [0.15, 0.2) is 11.5 Å². The van der Waals surface area contributed by atoms with Gasteiger partial charge in [-0.1, -0.05) is 78.9 Å². The van der Waals surface area contributed by atoms with Gasteiger partial charge in [-0.15, -0.1) is 0 Å². The van der Waals surface area contributed by atoms with Crippen LogP contribution in [0.3, 0.4) is 0 Å². The lowest BCUT2D eigenvalue weighted by molar-refractivity contribution is 0.477. The summed E-state index contributed by atoms with van der Waals surface area (Å²) in [5.41, 5.74) is 13.1. The van der Waals surface area contributed by atoms with Crippen LogP contribution in [0.2, 0.25) is 0 Å². The molecular formula is C55H33N7O. The van der Waals surface area contributed by atoms with Gasteiger partial charge in [0.1, 0.15) is 6.07 Å². The Balaban J connectivity index is 1.23. The molecule has 2 aromatic heterocycles. The molecule has 63 heavy (non-hydrogen) atoms. The highest BCUT2D eigenvalue weighted by atomic mass is 16.5. The van der Waals surface area contributed by atoms with Crippen LogP contribution in [0.15, 0.2) is 200 Å². The number of rotatable bonds is 5. The van der Waals surface area contributed by atoms with Crippen LogP contribution in [0.1, 0.15) is 27.8 Å². The van der Waals surface area contributed by atoms with Crippen molar-refractivity contribution in [3.8, 4) is 29.0 Å². The Bertz CT molecular complexity index is 3230. The van der Waals surface area contributed by atoms with E-state index in [9.17, 15) is 5.26 Å². The number of anilines is 9. The van der Waals surface area contributed by atoms with Crippen molar-refractivity contribution in [3.05, 3.63) is 240 Å². The van der Waals surface area contributed by atoms with Gasteiger partial charge in [0, 0.05) is 46.4 Å². The van der Waals surface area contributed by atoms with E-state index in [1.165, 1.54) is 0 Å². The van der Waals surface area contributed by atoms with Crippen molar-refractivity contribution >= 4 is 56.9 Å². The maximum absolute atomic E-state index is 10.5. The predicted molar refractivity (Wildman–Crippen MR) is 248 cm³/mol. The van der Waals surface area contributed by atoms with Crippen molar-refractivity contribution in [2.24, 2.45) is 0 Å². The third-order valence-corrected chi connectivity index (χ3v) is 12.3. The Morgan fingerprint density at radius 3 is 1.68 bits per heavy atom. The lowest BCUT2D eigenvalue weighted by Gasteiger charge is -2.46. The molecule has 8 heteroatoms. The van der Waals surface area contributed by atoms with Gasteiger partial charge in [-0.25, -0.2) is 4.85 Å². The van der Waals surface area contributed by atoms with Crippen LogP contribution >= 0.6 is 0 Å². The molecule has 0 fully saturated rings. The molecule has 0 radical (unpaired) electrons. The van der Waals surface area contributed by atoms with Crippen molar-refractivity contribution in [3.63, 3.8) is 0 Å². The van der Waals surface area contributed by atoms with E-state index < -0.39 is 5.41 Å². The fraction of sp³-hybridized carbons (Fsp3) is 0.0182. The third kappa shape index (κ3) is 5.32. The van der Waals surface area contributed by atoms with Crippen LogP contribution < -0.4 is 19.4 Å². The van der Waals surface area contributed by atoms with E-state index >= 15 is 0 Å². The SMILES string of the molecule is [C-]#[N+]c1cnc2c(c1)C1(c3cc(N(c4ccccc4)c4ccccc4)ccc3N(c3ccccc3)c3ccc(N4c5ccccc5Oc5ccccc54)cc31)c1cc(C#N)cnc1-2. The van der Waals surface area contributed by atoms with Crippen molar-refractivity contribution in [1.29, 1.82) is 5.26 Å². The van der Waals surface area contributed by atoms with Gasteiger partial charge in [0.05, 0.1) is 51.7 Å². The number of fused-ring (bicyclic) bond motifs is 11. The molecule has 12 rings (SSSR count). The van der Waals surface area contributed by atoms with Crippen molar-refractivity contribution in [1.82, 2.24) is 9.97 Å². The zero-order chi connectivity index (χ0) is 42.1. The van der Waals surface area contributed by atoms with Gasteiger partial charge in [0.2, 0.25) is 5.69 Å². The van der Waals surface area contributed by atoms with Crippen LogP contribution in [0.4, 0.5) is 56.9 Å².